The first-order chi connectivity index (χ1) is 13.2. The van der Waals surface area contributed by atoms with Gasteiger partial charge in [-0.1, -0.05) is 90.9 Å². The number of carbonyl (C=O) groups is 2. The molecule has 0 aliphatic rings. The van der Waals surface area contributed by atoms with Gasteiger partial charge in [-0.2, -0.15) is 0 Å². The van der Waals surface area contributed by atoms with E-state index in [9.17, 15) is 9.59 Å². The van der Waals surface area contributed by atoms with E-state index in [0.29, 0.717) is 25.9 Å². The SMILES string of the molecule is CCCCCCCCCC(=O)NCCCNC(=O)CCCCCCCCC. The fourth-order valence-corrected chi connectivity index (χ4v) is 3.21. The molecular formula is C23H46N2O2. The van der Waals surface area contributed by atoms with Crippen LogP contribution in [0.3, 0.4) is 0 Å². The molecule has 2 amide bonds. The summed E-state index contributed by atoms with van der Waals surface area (Å²) in [6.07, 6.45) is 19.4. The van der Waals surface area contributed by atoms with Crippen LogP contribution in [-0.2, 0) is 9.59 Å². The van der Waals surface area contributed by atoms with Crippen LogP contribution in [0.25, 0.3) is 0 Å². The van der Waals surface area contributed by atoms with Gasteiger partial charge in [0.05, 0.1) is 0 Å². The maximum absolute atomic E-state index is 11.7. The number of amides is 2. The van der Waals surface area contributed by atoms with Gasteiger partial charge >= 0.3 is 0 Å². The first kappa shape index (κ1) is 25.9. The molecule has 0 aromatic carbocycles. The second-order valence-electron chi connectivity index (χ2n) is 7.80. The fourth-order valence-electron chi connectivity index (χ4n) is 3.21. The number of rotatable bonds is 20. The van der Waals surface area contributed by atoms with Crippen molar-refractivity contribution in [3.8, 4) is 0 Å². The van der Waals surface area contributed by atoms with Crippen molar-refractivity contribution < 1.29 is 9.59 Å². The van der Waals surface area contributed by atoms with Crippen LogP contribution in [0, 0.1) is 0 Å². The van der Waals surface area contributed by atoms with Crippen molar-refractivity contribution in [2.45, 2.75) is 123 Å². The Morgan fingerprint density at radius 3 is 1.19 bits per heavy atom. The zero-order valence-corrected chi connectivity index (χ0v) is 18.3. The van der Waals surface area contributed by atoms with Crippen LogP contribution in [0.15, 0.2) is 0 Å². The summed E-state index contributed by atoms with van der Waals surface area (Å²) in [5, 5.41) is 5.91. The molecule has 0 heterocycles. The molecule has 0 fully saturated rings. The lowest BCUT2D eigenvalue weighted by Gasteiger charge is -2.07. The van der Waals surface area contributed by atoms with Gasteiger partial charge in [0, 0.05) is 25.9 Å². The highest BCUT2D eigenvalue weighted by atomic mass is 16.2. The Kier molecular flexibility index (Phi) is 20.4. The van der Waals surface area contributed by atoms with E-state index in [1.165, 1.54) is 64.2 Å². The molecule has 0 rings (SSSR count). The van der Waals surface area contributed by atoms with E-state index in [1.54, 1.807) is 0 Å². The van der Waals surface area contributed by atoms with E-state index >= 15 is 0 Å². The maximum atomic E-state index is 11.7. The Hall–Kier alpha value is -1.06. The van der Waals surface area contributed by atoms with E-state index in [-0.39, 0.29) is 11.8 Å². The van der Waals surface area contributed by atoms with Crippen molar-refractivity contribution in [2.24, 2.45) is 0 Å². The summed E-state index contributed by atoms with van der Waals surface area (Å²) in [5.74, 6) is 0.302. The third-order valence-corrected chi connectivity index (χ3v) is 5.01. The molecular weight excluding hydrogens is 336 g/mol. The van der Waals surface area contributed by atoms with E-state index in [2.05, 4.69) is 24.5 Å². The van der Waals surface area contributed by atoms with Gasteiger partial charge in [-0.15, -0.1) is 0 Å². The minimum Gasteiger partial charge on any atom is -0.356 e. The van der Waals surface area contributed by atoms with Gasteiger partial charge in [0.1, 0.15) is 0 Å². The fraction of sp³-hybridized carbons (Fsp3) is 0.913. The molecule has 0 atom stereocenters. The average molecular weight is 383 g/mol. The van der Waals surface area contributed by atoms with Crippen LogP contribution in [0.1, 0.15) is 123 Å². The molecule has 0 aliphatic heterocycles. The molecule has 0 unspecified atom stereocenters. The summed E-state index contributed by atoms with van der Waals surface area (Å²) in [6.45, 7) is 5.78. The number of carbonyl (C=O) groups excluding carboxylic acids is 2. The Bertz CT molecular complexity index is 313. The van der Waals surface area contributed by atoms with Crippen molar-refractivity contribution in [1.82, 2.24) is 10.6 Å². The van der Waals surface area contributed by atoms with Crippen LogP contribution < -0.4 is 10.6 Å². The third kappa shape index (κ3) is 21.1. The van der Waals surface area contributed by atoms with Crippen LogP contribution in [0.2, 0.25) is 0 Å². The molecule has 0 spiro atoms. The van der Waals surface area contributed by atoms with Crippen molar-refractivity contribution in [2.75, 3.05) is 13.1 Å². The highest BCUT2D eigenvalue weighted by Crippen LogP contribution is 2.09. The predicted molar refractivity (Wildman–Crippen MR) is 116 cm³/mol. The minimum atomic E-state index is 0.151. The second-order valence-corrected chi connectivity index (χ2v) is 7.80. The smallest absolute Gasteiger partial charge is 0.219 e. The summed E-state index contributed by atoms with van der Waals surface area (Å²) in [4.78, 5) is 23.5. The van der Waals surface area contributed by atoms with Crippen molar-refractivity contribution in [3.05, 3.63) is 0 Å². The predicted octanol–water partition coefficient (Wildman–Crippen LogP) is 5.89. The van der Waals surface area contributed by atoms with Gasteiger partial charge < -0.3 is 10.6 Å². The normalized spacial score (nSPS) is 10.7. The van der Waals surface area contributed by atoms with Crippen LogP contribution in [0.4, 0.5) is 0 Å². The lowest BCUT2D eigenvalue weighted by Crippen LogP contribution is -2.29. The summed E-state index contributed by atoms with van der Waals surface area (Å²) >= 11 is 0. The van der Waals surface area contributed by atoms with Gasteiger partial charge in [-0.05, 0) is 19.3 Å². The number of nitrogens with one attached hydrogen (secondary N) is 2. The molecule has 0 saturated heterocycles. The Morgan fingerprint density at radius 2 is 0.815 bits per heavy atom. The van der Waals surface area contributed by atoms with Crippen molar-refractivity contribution >= 4 is 11.8 Å². The second kappa shape index (κ2) is 21.2. The van der Waals surface area contributed by atoms with Gasteiger partial charge in [0.15, 0.2) is 0 Å². The Balaban J connectivity index is 3.29. The minimum absolute atomic E-state index is 0.151. The molecule has 27 heavy (non-hydrogen) atoms. The Labute approximate surface area is 168 Å². The number of hydrogen-bond donors (Lipinski definition) is 2. The van der Waals surface area contributed by atoms with Crippen molar-refractivity contribution in [1.29, 1.82) is 0 Å². The quantitative estimate of drug-likeness (QED) is 0.258. The van der Waals surface area contributed by atoms with Gasteiger partial charge in [-0.25, -0.2) is 0 Å². The zero-order valence-electron chi connectivity index (χ0n) is 18.3. The number of hydrogen-bond acceptors (Lipinski definition) is 2. The summed E-state index contributed by atoms with van der Waals surface area (Å²) < 4.78 is 0. The highest BCUT2D eigenvalue weighted by molar-refractivity contribution is 5.76. The number of unbranched alkanes of at least 4 members (excludes halogenated alkanes) is 12. The van der Waals surface area contributed by atoms with E-state index in [1.807, 2.05) is 0 Å². The van der Waals surface area contributed by atoms with Gasteiger partial charge in [0.2, 0.25) is 11.8 Å². The molecule has 160 valence electrons. The average Bonchev–Trinajstić information content (AvgIpc) is 2.66. The largest absolute Gasteiger partial charge is 0.356 e. The molecule has 2 N–H and O–H groups in total. The zero-order chi connectivity index (χ0) is 20.0. The lowest BCUT2D eigenvalue weighted by molar-refractivity contribution is -0.121. The summed E-state index contributed by atoms with van der Waals surface area (Å²) in [6, 6.07) is 0. The van der Waals surface area contributed by atoms with Crippen LogP contribution >= 0.6 is 0 Å². The highest BCUT2D eigenvalue weighted by Gasteiger charge is 2.02. The van der Waals surface area contributed by atoms with Crippen LogP contribution in [0.5, 0.6) is 0 Å². The van der Waals surface area contributed by atoms with Gasteiger partial charge in [0.25, 0.3) is 0 Å². The summed E-state index contributed by atoms with van der Waals surface area (Å²) in [5.41, 5.74) is 0. The van der Waals surface area contributed by atoms with Gasteiger partial charge in [-0.3, -0.25) is 9.59 Å². The van der Waals surface area contributed by atoms with E-state index in [4.69, 9.17) is 0 Å². The standard InChI is InChI=1S/C23H46N2O2/c1-3-5-7-9-11-13-15-18-22(26)24-20-17-21-25-23(27)19-16-14-12-10-8-6-4-2/h3-21H2,1-2H3,(H,24,26)(H,25,27). The molecule has 0 aliphatic carbocycles. The monoisotopic (exact) mass is 382 g/mol. The first-order valence-corrected chi connectivity index (χ1v) is 11.7. The summed E-state index contributed by atoms with van der Waals surface area (Å²) in [7, 11) is 0. The molecule has 0 saturated carbocycles. The first-order valence-electron chi connectivity index (χ1n) is 11.7. The van der Waals surface area contributed by atoms with E-state index < -0.39 is 0 Å². The van der Waals surface area contributed by atoms with E-state index in [0.717, 1.165) is 32.1 Å². The van der Waals surface area contributed by atoms with Crippen molar-refractivity contribution in [3.63, 3.8) is 0 Å². The lowest BCUT2D eigenvalue weighted by atomic mass is 10.1. The maximum Gasteiger partial charge on any atom is 0.219 e. The topological polar surface area (TPSA) is 58.2 Å². The molecule has 4 heteroatoms. The molecule has 4 nitrogen and oxygen atoms in total. The molecule has 0 bridgehead atoms. The molecule has 0 radical (unpaired) electrons. The van der Waals surface area contributed by atoms with Crippen LogP contribution in [-0.4, -0.2) is 24.9 Å². The Morgan fingerprint density at radius 1 is 0.481 bits per heavy atom. The molecule has 0 aromatic heterocycles. The molecule has 0 aromatic rings. The third-order valence-electron chi connectivity index (χ3n) is 5.01.